The lowest BCUT2D eigenvalue weighted by atomic mass is 10.2. The van der Waals surface area contributed by atoms with Gasteiger partial charge in [0.25, 0.3) is 0 Å². The number of benzene rings is 1. The van der Waals surface area contributed by atoms with E-state index in [0.717, 1.165) is 38.3 Å². The maximum atomic E-state index is 5.86. The Bertz CT molecular complexity index is 635. The standard InChI is InChI=1S/C16H17Br2NO2/c1-10-11(6-14(21-10)8-19-13-3-4-13)9-20-16-5-2-12(17)7-15(16)18/h2,5-7,13,19H,3-4,8-9H2,1H3. The summed E-state index contributed by atoms with van der Waals surface area (Å²) < 4.78 is 13.6. The molecule has 112 valence electrons. The van der Waals surface area contributed by atoms with Gasteiger partial charge in [-0.2, -0.15) is 0 Å². The fourth-order valence-electron chi connectivity index (χ4n) is 2.10. The lowest BCUT2D eigenvalue weighted by Gasteiger charge is -2.07. The molecule has 3 rings (SSSR count). The van der Waals surface area contributed by atoms with Gasteiger partial charge in [0.05, 0.1) is 11.0 Å². The SMILES string of the molecule is Cc1oc(CNC2CC2)cc1COc1ccc(Br)cc1Br. The van der Waals surface area contributed by atoms with Gasteiger partial charge in [0.1, 0.15) is 23.9 Å². The predicted molar refractivity (Wildman–Crippen MR) is 89.5 cm³/mol. The van der Waals surface area contributed by atoms with E-state index in [4.69, 9.17) is 9.15 Å². The molecule has 3 nitrogen and oxygen atoms in total. The van der Waals surface area contributed by atoms with Gasteiger partial charge in [-0.3, -0.25) is 0 Å². The van der Waals surface area contributed by atoms with Crippen LogP contribution in [0.3, 0.4) is 0 Å². The third-order valence-electron chi connectivity index (χ3n) is 3.49. The minimum Gasteiger partial charge on any atom is -0.488 e. The van der Waals surface area contributed by atoms with Crippen molar-refractivity contribution >= 4 is 31.9 Å². The van der Waals surface area contributed by atoms with E-state index in [1.807, 2.05) is 25.1 Å². The lowest BCUT2D eigenvalue weighted by molar-refractivity contribution is 0.301. The maximum Gasteiger partial charge on any atom is 0.134 e. The summed E-state index contributed by atoms with van der Waals surface area (Å²) in [6, 6.07) is 8.65. The molecule has 1 fully saturated rings. The Balaban J connectivity index is 1.61. The van der Waals surface area contributed by atoms with Crippen molar-refractivity contribution in [2.45, 2.75) is 39.0 Å². The summed E-state index contributed by atoms with van der Waals surface area (Å²) >= 11 is 6.94. The van der Waals surface area contributed by atoms with E-state index >= 15 is 0 Å². The number of halogens is 2. The number of aryl methyl sites for hydroxylation is 1. The molecule has 0 bridgehead atoms. The molecule has 0 amide bonds. The zero-order valence-electron chi connectivity index (χ0n) is 11.8. The van der Waals surface area contributed by atoms with Gasteiger partial charge in [-0.1, -0.05) is 15.9 Å². The van der Waals surface area contributed by atoms with Crippen LogP contribution >= 0.6 is 31.9 Å². The van der Waals surface area contributed by atoms with E-state index in [1.165, 1.54) is 12.8 Å². The first-order valence-corrected chi connectivity index (χ1v) is 8.60. The van der Waals surface area contributed by atoms with Crippen molar-refractivity contribution < 1.29 is 9.15 Å². The fraction of sp³-hybridized carbons (Fsp3) is 0.375. The van der Waals surface area contributed by atoms with Crippen molar-refractivity contribution in [1.29, 1.82) is 0 Å². The molecule has 1 N–H and O–H groups in total. The highest BCUT2D eigenvalue weighted by atomic mass is 79.9. The molecule has 1 saturated carbocycles. The van der Waals surface area contributed by atoms with E-state index in [9.17, 15) is 0 Å². The number of rotatable bonds is 6. The van der Waals surface area contributed by atoms with Crippen molar-refractivity contribution in [2.24, 2.45) is 0 Å². The van der Waals surface area contributed by atoms with Crippen LogP contribution in [-0.4, -0.2) is 6.04 Å². The highest BCUT2D eigenvalue weighted by molar-refractivity contribution is 9.11. The van der Waals surface area contributed by atoms with E-state index in [2.05, 4.69) is 43.2 Å². The predicted octanol–water partition coefficient (Wildman–Crippen LogP) is 4.94. The van der Waals surface area contributed by atoms with Crippen LogP contribution in [0.15, 0.2) is 37.6 Å². The van der Waals surface area contributed by atoms with Crippen LogP contribution in [0.4, 0.5) is 0 Å². The summed E-state index contributed by atoms with van der Waals surface area (Å²) in [5, 5.41) is 3.46. The molecule has 5 heteroatoms. The number of hydrogen-bond acceptors (Lipinski definition) is 3. The molecule has 0 spiro atoms. The van der Waals surface area contributed by atoms with Gasteiger partial charge in [0.2, 0.25) is 0 Å². The first kappa shape index (κ1) is 15.1. The third kappa shape index (κ3) is 4.11. The topological polar surface area (TPSA) is 34.4 Å². The Labute approximate surface area is 141 Å². The Kier molecular flexibility index (Phi) is 4.72. The Morgan fingerprint density at radius 2 is 2.10 bits per heavy atom. The Morgan fingerprint density at radius 1 is 1.29 bits per heavy atom. The van der Waals surface area contributed by atoms with Gasteiger partial charge in [0, 0.05) is 16.1 Å². The molecule has 1 aromatic carbocycles. The second-order valence-corrected chi connectivity index (χ2v) is 7.08. The van der Waals surface area contributed by atoms with Gasteiger partial charge in [-0.15, -0.1) is 0 Å². The minimum atomic E-state index is 0.513. The quantitative estimate of drug-likeness (QED) is 0.726. The molecule has 1 aliphatic rings. The van der Waals surface area contributed by atoms with Gasteiger partial charge in [-0.25, -0.2) is 0 Å². The normalized spacial score (nSPS) is 14.4. The van der Waals surface area contributed by atoms with Gasteiger partial charge >= 0.3 is 0 Å². The summed E-state index contributed by atoms with van der Waals surface area (Å²) in [4.78, 5) is 0. The van der Waals surface area contributed by atoms with E-state index in [-0.39, 0.29) is 0 Å². The van der Waals surface area contributed by atoms with Crippen molar-refractivity contribution in [3.63, 3.8) is 0 Å². The van der Waals surface area contributed by atoms with E-state index < -0.39 is 0 Å². The van der Waals surface area contributed by atoms with Gasteiger partial charge in [0.15, 0.2) is 0 Å². The fourth-order valence-corrected chi connectivity index (χ4v) is 3.26. The third-order valence-corrected chi connectivity index (χ3v) is 4.60. The largest absolute Gasteiger partial charge is 0.488 e. The Hall–Kier alpha value is -0.780. The maximum absolute atomic E-state index is 5.86. The minimum absolute atomic E-state index is 0.513. The molecular formula is C16H17Br2NO2. The zero-order valence-corrected chi connectivity index (χ0v) is 15.0. The molecule has 0 aliphatic heterocycles. The molecule has 2 aromatic rings. The van der Waals surface area contributed by atoms with Crippen LogP contribution in [0.5, 0.6) is 5.75 Å². The second kappa shape index (κ2) is 6.55. The number of ether oxygens (including phenoxy) is 1. The number of hydrogen-bond donors (Lipinski definition) is 1. The number of nitrogens with one attached hydrogen (secondary N) is 1. The van der Waals surface area contributed by atoms with Crippen LogP contribution in [0.2, 0.25) is 0 Å². The second-order valence-electron chi connectivity index (χ2n) is 5.31. The molecular weight excluding hydrogens is 398 g/mol. The van der Waals surface area contributed by atoms with Crippen LogP contribution in [0, 0.1) is 6.92 Å². The number of furan rings is 1. The van der Waals surface area contributed by atoms with Crippen molar-refractivity contribution in [3.05, 3.63) is 50.3 Å². The summed E-state index contributed by atoms with van der Waals surface area (Å²) in [6.45, 7) is 3.29. The van der Waals surface area contributed by atoms with Gasteiger partial charge < -0.3 is 14.5 Å². The van der Waals surface area contributed by atoms with Crippen molar-refractivity contribution in [2.75, 3.05) is 0 Å². The van der Waals surface area contributed by atoms with Crippen LogP contribution in [-0.2, 0) is 13.2 Å². The van der Waals surface area contributed by atoms with E-state index in [1.54, 1.807) is 0 Å². The molecule has 21 heavy (non-hydrogen) atoms. The molecule has 1 aromatic heterocycles. The molecule has 0 radical (unpaired) electrons. The van der Waals surface area contributed by atoms with Crippen LogP contribution < -0.4 is 10.1 Å². The molecule has 1 heterocycles. The molecule has 0 atom stereocenters. The van der Waals surface area contributed by atoms with Crippen molar-refractivity contribution in [1.82, 2.24) is 5.32 Å². The van der Waals surface area contributed by atoms with Crippen LogP contribution in [0.25, 0.3) is 0 Å². The zero-order chi connectivity index (χ0) is 14.8. The first-order chi connectivity index (χ1) is 10.1. The highest BCUT2D eigenvalue weighted by Crippen LogP contribution is 2.29. The van der Waals surface area contributed by atoms with Gasteiger partial charge in [-0.05, 0) is 60.0 Å². The summed E-state index contributed by atoms with van der Waals surface area (Å²) in [5.41, 5.74) is 1.09. The van der Waals surface area contributed by atoms with Crippen molar-refractivity contribution in [3.8, 4) is 5.75 Å². The highest BCUT2D eigenvalue weighted by Gasteiger charge is 2.21. The van der Waals surface area contributed by atoms with Crippen LogP contribution in [0.1, 0.15) is 29.9 Å². The summed E-state index contributed by atoms with van der Waals surface area (Å²) in [7, 11) is 0. The average Bonchev–Trinajstić information content (AvgIpc) is 3.20. The molecule has 0 unspecified atom stereocenters. The average molecular weight is 415 g/mol. The summed E-state index contributed by atoms with van der Waals surface area (Å²) in [5.74, 6) is 2.74. The summed E-state index contributed by atoms with van der Waals surface area (Å²) in [6.07, 6.45) is 2.57. The lowest BCUT2D eigenvalue weighted by Crippen LogP contribution is -2.14. The monoisotopic (exact) mass is 413 g/mol. The molecule has 0 saturated heterocycles. The smallest absolute Gasteiger partial charge is 0.134 e. The Morgan fingerprint density at radius 3 is 2.81 bits per heavy atom. The first-order valence-electron chi connectivity index (χ1n) is 7.01. The van der Waals surface area contributed by atoms with E-state index in [0.29, 0.717) is 12.6 Å². The molecule has 1 aliphatic carbocycles.